The molecule has 2 aromatic heterocycles. The zero-order chi connectivity index (χ0) is 20.4. The lowest BCUT2D eigenvalue weighted by molar-refractivity contribution is 0.0448. The van der Waals surface area contributed by atoms with Gasteiger partial charge in [-0.1, -0.05) is 0 Å². The Labute approximate surface area is 165 Å². The summed E-state index contributed by atoms with van der Waals surface area (Å²) in [5, 5.41) is 10.3. The number of aromatic nitrogens is 4. The van der Waals surface area contributed by atoms with Crippen LogP contribution in [0.15, 0.2) is 24.7 Å². The lowest BCUT2D eigenvalue weighted by Gasteiger charge is -2.40. The predicted octanol–water partition coefficient (Wildman–Crippen LogP) is 2.84. The summed E-state index contributed by atoms with van der Waals surface area (Å²) in [7, 11) is 1.86. The molecule has 9 heteroatoms. The zero-order valence-corrected chi connectivity index (χ0v) is 17.2. The van der Waals surface area contributed by atoms with Gasteiger partial charge in [-0.25, -0.2) is 9.78 Å². The molecule has 152 valence electrons. The van der Waals surface area contributed by atoms with Crippen molar-refractivity contribution in [3.05, 3.63) is 24.7 Å². The van der Waals surface area contributed by atoms with Crippen LogP contribution in [0.25, 0.3) is 0 Å². The van der Waals surface area contributed by atoms with Gasteiger partial charge in [-0.2, -0.15) is 10.1 Å². The van der Waals surface area contributed by atoms with E-state index in [9.17, 15) is 4.79 Å². The van der Waals surface area contributed by atoms with Crippen LogP contribution >= 0.6 is 0 Å². The topological polar surface area (TPSA) is 97.2 Å². The van der Waals surface area contributed by atoms with Crippen LogP contribution in [0.1, 0.15) is 40.5 Å². The highest BCUT2D eigenvalue weighted by Gasteiger charge is 2.33. The van der Waals surface area contributed by atoms with Crippen LogP contribution in [0, 0.1) is 0 Å². The van der Waals surface area contributed by atoms with E-state index in [1.54, 1.807) is 17.1 Å². The Morgan fingerprint density at radius 3 is 2.61 bits per heavy atom. The third-order valence-electron chi connectivity index (χ3n) is 4.60. The first-order valence-electron chi connectivity index (χ1n) is 9.47. The van der Waals surface area contributed by atoms with E-state index in [4.69, 9.17) is 4.74 Å². The molecule has 28 heavy (non-hydrogen) atoms. The molecule has 0 saturated carbocycles. The van der Waals surface area contributed by atoms with E-state index >= 15 is 0 Å². The Balaban J connectivity index is 1.58. The molecular weight excluding hydrogens is 358 g/mol. The molecule has 1 aliphatic heterocycles. The number of amides is 1. The molecule has 0 aliphatic carbocycles. The standard InChI is InChI=1S/C19H29N7O2/c1-18(2,3)28-17(27)24-19(4)7-10-26(11-8-19)15-6-9-20-16(23-15)22-14-12-21-25(5)13-14/h6,9,12-13H,7-8,10-11H2,1-5H3,(H,24,27)(H,20,22,23). The first-order chi connectivity index (χ1) is 13.1. The lowest BCUT2D eigenvalue weighted by atomic mass is 9.90. The summed E-state index contributed by atoms with van der Waals surface area (Å²) < 4.78 is 7.11. The number of rotatable bonds is 4. The fraction of sp³-hybridized carbons (Fsp3) is 0.579. The molecule has 3 heterocycles. The molecule has 1 amide bonds. The molecule has 1 fully saturated rings. The van der Waals surface area contributed by atoms with Crippen LogP contribution < -0.4 is 15.5 Å². The molecule has 0 radical (unpaired) electrons. The number of piperidine rings is 1. The van der Waals surface area contributed by atoms with Crippen LogP contribution in [0.3, 0.4) is 0 Å². The second-order valence-corrected chi connectivity index (χ2v) is 8.44. The molecule has 1 aliphatic rings. The van der Waals surface area contributed by atoms with Gasteiger partial charge in [0.2, 0.25) is 5.95 Å². The summed E-state index contributed by atoms with van der Waals surface area (Å²) in [6.45, 7) is 9.23. The minimum atomic E-state index is -0.500. The summed E-state index contributed by atoms with van der Waals surface area (Å²) in [6.07, 6.45) is 6.58. The van der Waals surface area contributed by atoms with E-state index in [1.165, 1.54) is 0 Å². The second-order valence-electron chi connectivity index (χ2n) is 8.44. The number of anilines is 3. The molecule has 1 saturated heterocycles. The van der Waals surface area contributed by atoms with Crippen LogP contribution in [0.4, 0.5) is 22.2 Å². The zero-order valence-electron chi connectivity index (χ0n) is 17.2. The van der Waals surface area contributed by atoms with Crippen LogP contribution in [0.2, 0.25) is 0 Å². The van der Waals surface area contributed by atoms with E-state index in [-0.39, 0.29) is 11.6 Å². The molecule has 0 aromatic carbocycles. The Bertz CT molecular complexity index is 820. The second kappa shape index (κ2) is 7.65. The van der Waals surface area contributed by atoms with Gasteiger partial charge >= 0.3 is 6.09 Å². The number of nitrogens with one attached hydrogen (secondary N) is 2. The molecule has 0 unspecified atom stereocenters. The van der Waals surface area contributed by atoms with Crippen molar-refractivity contribution in [2.45, 2.75) is 51.7 Å². The van der Waals surface area contributed by atoms with Crippen molar-refractivity contribution in [3.8, 4) is 0 Å². The highest BCUT2D eigenvalue weighted by Crippen LogP contribution is 2.26. The monoisotopic (exact) mass is 387 g/mol. The van der Waals surface area contributed by atoms with E-state index in [2.05, 4.69) is 37.5 Å². The van der Waals surface area contributed by atoms with Crippen molar-refractivity contribution in [3.63, 3.8) is 0 Å². The normalized spacial score (nSPS) is 16.5. The molecule has 0 atom stereocenters. The maximum atomic E-state index is 12.1. The molecule has 0 spiro atoms. The average Bonchev–Trinajstić information content (AvgIpc) is 2.98. The van der Waals surface area contributed by atoms with Gasteiger partial charge in [0.25, 0.3) is 0 Å². The lowest BCUT2D eigenvalue weighted by Crippen LogP contribution is -2.54. The third kappa shape index (κ3) is 5.34. The van der Waals surface area contributed by atoms with Gasteiger partial charge in [0.15, 0.2) is 0 Å². The van der Waals surface area contributed by atoms with Crippen molar-refractivity contribution in [2.24, 2.45) is 7.05 Å². The van der Waals surface area contributed by atoms with E-state index in [0.717, 1.165) is 37.4 Å². The predicted molar refractivity (Wildman–Crippen MR) is 108 cm³/mol. The Hall–Kier alpha value is -2.84. The van der Waals surface area contributed by atoms with Gasteiger partial charge in [-0.3, -0.25) is 4.68 Å². The van der Waals surface area contributed by atoms with Crippen LogP contribution in [-0.4, -0.2) is 50.1 Å². The van der Waals surface area contributed by atoms with Crippen LogP contribution in [-0.2, 0) is 11.8 Å². The smallest absolute Gasteiger partial charge is 0.408 e. The summed E-state index contributed by atoms with van der Waals surface area (Å²) in [4.78, 5) is 23.2. The first-order valence-corrected chi connectivity index (χ1v) is 9.47. The maximum absolute atomic E-state index is 12.1. The first kappa shape index (κ1) is 19.9. The summed E-state index contributed by atoms with van der Waals surface area (Å²) in [5.41, 5.74) is 0.0510. The molecule has 2 aromatic rings. The summed E-state index contributed by atoms with van der Waals surface area (Å²) in [6, 6.07) is 1.90. The average molecular weight is 387 g/mol. The van der Waals surface area contributed by atoms with Crippen LogP contribution in [0.5, 0.6) is 0 Å². The summed E-state index contributed by atoms with van der Waals surface area (Å²) >= 11 is 0. The Morgan fingerprint density at radius 1 is 1.29 bits per heavy atom. The van der Waals surface area contributed by atoms with Crippen molar-refractivity contribution in [1.82, 2.24) is 25.1 Å². The third-order valence-corrected chi connectivity index (χ3v) is 4.60. The number of alkyl carbamates (subject to hydrolysis) is 1. The molecule has 3 rings (SSSR count). The minimum absolute atomic E-state index is 0.289. The van der Waals surface area contributed by atoms with Crippen molar-refractivity contribution in [1.29, 1.82) is 0 Å². The largest absolute Gasteiger partial charge is 0.444 e. The van der Waals surface area contributed by atoms with E-state index < -0.39 is 5.60 Å². The quantitative estimate of drug-likeness (QED) is 0.832. The Kier molecular flexibility index (Phi) is 5.44. The maximum Gasteiger partial charge on any atom is 0.408 e. The van der Waals surface area contributed by atoms with Gasteiger partial charge in [0.1, 0.15) is 11.4 Å². The van der Waals surface area contributed by atoms with Gasteiger partial charge in [-0.15, -0.1) is 0 Å². The molecule has 0 bridgehead atoms. The van der Waals surface area contributed by atoms with Crippen molar-refractivity contribution >= 4 is 23.5 Å². The number of nitrogens with zero attached hydrogens (tertiary/aromatic N) is 5. The molecule has 9 nitrogen and oxygen atoms in total. The number of carbonyl (C=O) groups excluding carboxylic acids is 1. The number of carbonyl (C=O) groups is 1. The number of hydrogen-bond donors (Lipinski definition) is 2. The van der Waals surface area contributed by atoms with Gasteiger partial charge < -0.3 is 20.3 Å². The SMILES string of the molecule is Cn1cc(Nc2nccc(N3CCC(C)(NC(=O)OC(C)(C)C)CC3)n2)cn1. The fourth-order valence-electron chi connectivity index (χ4n) is 3.10. The number of ether oxygens (including phenoxy) is 1. The van der Waals surface area contributed by atoms with Gasteiger partial charge in [0, 0.05) is 38.1 Å². The van der Waals surface area contributed by atoms with Crippen molar-refractivity contribution in [2.75, 3.05) is 23.3 Å². The number of aryl methyl sites for hydroxylation is 1. The van der Waals surface area contributed by atoms with E-state index in [1.807, 2.05) is 40.1 Å². The summed E-state index contributed by atoms with van der Waals surface area (Å²) in [5.74, 6) is 1.39. The highest BCUT2D eigenvalue weighted by molar-refractivity contribution is 5.68. The fourth-order valence-corrected chi connectivity index (χ4v) is 3.10. The van der Waals surface area contributed by atoms with Crippen molar-refractivity contribution < 1.29 is 9.53 Å². The number of hydrogen-bond acceptors (Lipinski definition) is 7. The minimum Gasteiger partial charge on any atom is -0.444 e. The van der Waals surface area contributed by atoms with Gasteiger partial charge in [0.05, 0.1) is 11.9 Å². The van der Waals surface area contributed by atoms with E-state index in [0.29, 0.717) is 5.95 Å². The Morgan fingerprint density at radius 2 is 2.00 bits per heavy atom. The molecule has 2 N–H and O–H groups in total. The molecular formula is C19H29N7O2. The van der Waals surface area contributed by atoms with Gasteiger partial charge in [-0.05, 0) is 46.6 Å². The highest BCUT2D eigenvalue weighted by atomic mass is 16.6.